The van der Waals surface area contributed by atoms with Crippen molar-refractivity contribution in [3.8, 4) is 11.8 Å². The van der Waals surface area contributed by atoms with Crippen molar-refractivity contribution in [3.05, 3.63) is 22.2 Å². The molecule has 2 amide bonds. The van der Waals surface area contributed by atoms with Gasteiger partial charge in [-0.3, -0.25) is 14.9 Å². The Hall–Kier alpha value is -2.01. The van der Waals surface area contributed by atoms with Crippen LogP contribution in [0.5, 0.6) is 5.75 Å². The Morgan fingerprint density at radius 2 is 2.11 bits per heavy atom. The van der Waals surface area contributed by atoms with Crippen molar-refractivity contribution in [1.82, 2.24) is 10.2 Å². The van der Waals surface area contributed by atoms with Crippen LogP contribution >= 0.6 is 23.2 Å². The van der Waals surface area contributed by atoms with Gasteiger partial charge in [-0.25, -0.2) is 0 Å². The average Bonchev–Trinajstić information content (AvgIpc) is 3.31. The van der Waals surface area contributed by atoms with Crippen LogP contribution in [0, 0.1) is 11.3 Å². The Morgan fingerprint density at radius 3 is 2.82 bits per heavy atom. The summed E-state index contributed by atoms with van der Waals surface area (Å²) >= 11 is 12.3. The Balaban J connectivity index is 1.57. The third kappa shape index (κ3) is 4.69. The molecule has 0 bridgehead atoms. The van der Waals surface area contributed by atoms with Crippen molar-refractivity contribution in [3.63, 3.8) is 0 Å². The van der Waals surface area contributed by atoms with Crippen molar-refractivity contribution < 1.29 is 14.3 Å². The van der Waals surface area contributed by atoms with Crippen LogP contribution in [0.1, 0.15) is 32.6 Å². The number of ether oxygens (including phenoxy) is 1. The van der Waals surface area contributed by atoms with Gasteiger partial charge in [-0.2, -0.15) is 5.26 Å². The molecule has 0 radical (unpaired) electrons. The fraction of sp³-hybridized carbons (Fsp3) is 0.526. The van der Waals surface area contributed by atoms with E-state index in [4.69, 9.17) is 27.9 Å². The molecule has 2 saturated heterocycles. The van der Waals surface area contributed by atoms with E-state index in [9.17, 15) is 14.9 Å². The summed E-state index contributed by atoms with van der Waals surface area (Å²) in [6.07, 6.45) is 3.10. The monoisotopic (exact) mass is 424 g/mol. The number of hydrogen-bond acceptors (Lipinski definition) is 5. The van der Waals surface area contributed by atoms with Crippen LogP contribution in [0.25, 0.3) is 0 Å². The minimum atomic E-state index is -0.315. The van der Waals surface area contributed by atoms with Gasteiger partial charge >= 0.3 is 0 Å². The lowest BCUT2D eigenvalue weighted by atomic mass is 10.1. The van der Waals surface area contributed by atoms with Crippen LogP contribution < -0.4 is 15.4 Å². The van der Waals surface area contributed by atoms with Gasteiger partial charge in [0, 0.05) is 25.6 Å². The van der Waals surface area contributed by atoms with Crippen LogP contribution in [0.15, 0.2) is 12.1 Å². The second-order valence-electron chi connectivity index (χ2n) is 7.07. The van der Waals surface area contributed by atoms with Crippen LogP contribution in [0.4, 0.5) is 5.69 Å². The van der Waals surface area contributed by atoms with E-state index in [0.717, 1.165) is 19.3 Å². The van der Waals surface area contributed by atoms with Crippen LogP contribution in [-0.4, -0.2) is 48.0 Å². The standard InChI is InChI=1S/C19H22Cl2N4O3/c1-11(26)23-17-8-18(15(21)7-14(17)20)28-10-12-4-5-16(24-12)19(27)25-6-2-3-13(25)9-22/h7-8,12-13,16,24H,2-6,10H2,1H3,(H,23,26)/t12-,13+,16+/m1/s1. The van der Waals surface area contributed by atoms with Crippen LogP contribution in [-0.2, 0) is 9.59 Å². The minimum Gasteiger partial charge on any atom is -0.490 e. The summed E-state index contributed by atoms with van der Waals surface area (Å²) in [5.41, 5.74) is 0.428. The first-order chi connectivity index (χ1) is 13.4. The molecular formula is C19H22Cl2N4O3. The number of halogens is 2. The molecule has 3 atom stereocenters. The summed E-state index contributed by atoms with van der Waals surface area (Å²) < 4.78 is 5.81. The second kappa shape index (κ2) is 8.99. The Labute approximate surface area is 173 Å². The number of likely N-dealkylation sites (tertiary alicyclic amines) is 1. The van der Waals surface area contributed by atoms with E-state index < -0.39 is 0 Å². The largest absolute Gasteiger partial charge is 0.490 e. The fourth-order valence-electron chi connectivity index (χ4n) is 3.63. The SMILES string of the molecule is CC(=O)Nc1cc(OC[C@H]2CC[C@@H](C(=O)N3CCC[C@H]3C#N)N2)c(Cl)cc1Cl. The van der Waals surface area contributed by atoms with E-state index in [1.807, 2.05) is 0 Å². The maximum absolute atomic E-state index is 12.7. The van der Waals surface area contributed by atoms with E-state index in [0.29, 0.717) is 41.1 Å². The van der Waals surface area contributed by atoms with Gasteiger partial charge in [-0.1, -0.05) is 23.2 Å². The summed E-state index contributed by atoms with van der Waals surface area (Å²) in [5, 5.41) is 15.8. The topological polar surface area (TPSA) is 94.5 Å². The zero-order chi connectivity index (χ0) is 20.3. The van der Waals surface area contributed by atoms with E-state index >= 15 is 0 Å². The number of nitriles is 1. The second-order valence-corrected chi connectivity index (χ2v) is 7.88. The number of anilines is 1. The number of nitrogens with one attached hydrogen (secondary N) is 2. The molecule has 2 fully saturated rings. The van der Waals surface area contributed by atoms with Crippen LogP contribution in [0.2, 0.25) is 10.0 Å². The maximum Gasteiger partial charge on any atom is 0.240 e. The molecule has 0 saturated carbocycles. The highest BCUT2D eigenvalue weighted by Crippen LogP contribution is 2.34. The molecule has 0 spiro atoms. The van der Waals surface area contributed by atoms with Crippen molar-refractivity contribution in [2.45, 2.75) is 50.7 Å². The highest BCUT2D eigenvalue weighted by Gasteiger charge is 2.37. The summed E-state index contributed by atoms with van der Waals surface area (Å²) in [4.78, 5) is 25.6. The molecule has 2 N–H and O–H groups in total. The lowest BCUT2D eigenvalue weighted by Crippen LogP contribution is -2.47. The molecule has 150 valence electrons. The Bertz CT molecular complexity index is 811. The maximum atomic E-state index is 12.7. The van der Waals surface area contributed by atoms with Crippen LogP contribution in [0.3, 0.4) is 0 Å². The van der Waals surface area contributed by atoms with E-state index in [-0.39, 0.29) is 29.9 Å². The van der Waals surface area contributed by atoms with Gasteiger partial charge in [-0.15, -0.1) is 0 Å². The zero-order valence-electron chi connectivity index (χ0n) is 15.5. The number of carbonyl (C=O) groups is 2. The van der Waals surface area contributed by atoms with Gasteiger partial charge in [0.2, 0.25) is 11.8 Å². The summed E-state index contributed by atoms with van der Waals surface area (Å²) in [6.45, 7) is 2.36. The minimum absolute atomic E-state index is 0.00644. The van der Waals surface area contributed by atoms with Crippen molar-refractivity contribution in [1.29, 1.82) is 5.26 Å². The number of rotatable bonds is 5. The number of nitrogens with zero attached hydrogens (tertiary/aromatic N) is 2. The lowest BCUT2D eigenvalue weighted by molar-refractivity contribution is -0.133. The smallest absolute Gasteiger partial charge is 0.240 e. The first-order valence-corrected chi connectivity index (χ1v) is 10.00. The highest BCUT2D eigenvalue weighted by atomic mass is 35.5. The quantitative estimate of drug-likeness (QED) is 0.757. The van der Waals surface area contributed by atoms with E-state index in [1.54, 1.807) is 11.0 Å². The molecule has 1 aromatic carbocycles. The summed E-state index contributed by atoms with van der Waals surface area (Å²) in [7, 11) is 0. The van der Waals surface area contributed by atoms with Gasteiger partial charge < -0.3 is 15.0 Å². The van der Waals surface area contributed by atoms with Gasteiger partial charge in [0.1, 0.15) is 18.4 Å². The van der Waals surface area contributed by atoms with E-state index in [2.05, 4.69) is 16.7 Å². The number of carbonyl (C=O) groups excluding carboxylic acids is 2. The summed E-state index contributed by atoms with van der Waals surface area (Å²) in [6, 6.07) is 4.70. The fourth-order valence-corrected chi connectivity index (χ4v) is 4.11. The van der Waals surface area contributed by atoms with Crippen molar-refractivity contribution in [2.75, 3.05) is 18.5 Å². The molecule has 9 heteroatoms. The molecule has 2 aliphatic heterocycles. The molecule has 0 aliphatic carbocycles. The first-order valence-electron chi connectivity index (χ1n) is 9.24. The van der Waals surface area contributed by atoms with Gasteiger partial charge in [0.15, 0.2) is 0 Å². The molecular weight excluding hydrogens is 403 g/mol. The molecule has 7 nitrogen and oxygen atoms in total. The number of amides is 2. The van der Waals surface area contributed by atoms with Crippen molar-refractivity contribution >= 4 is 40.7 Å². The molecule has 2 heterocycles. The predicted molar refractivity (Wildman–Crippen MR) is 107 cm³/mol. The van der Waals surface area contributed by atoms with E-state index in [1.165, 1.54) is 13.0 Å². The molecule has 0 aromatic heterocycles. The van der Waals surface area contributed by atoms with Gasteiger partial charge in [0.25, 0.3) is 0 Å². The van der Waals surface area contributed by atoms with Crippen molar-refractivity contribution in [2.24, 2.45) is 0 Å². The first kappa shape index (κ1) is 20.7. The number of hydrogen-bond donors (Lipinski definition) is 2. The molecule has 28 heavy (non-hydrogen) atoms. The number of benzene rings is 1. The zero-order valence-corrected chi connectivity index (χ0v) is 17.0. The molecule has 1 aromatic rings. The average molecular weight is 425 g/mol. The Morgan fingerprint density at radius 1 is 1.32 bits per heavy atom. The van der Waals surface area contributed by atoms with Gasteiger partial charge in [0.05, 0.1) is 27.8 Å². The van der Waals surface area contributed by atoms with Gasteiger partial charge in [-0.05, 0) is 31.7 Å². The lowest BCUT2D eigenvalue weighted by Gasteiger charge is -2.24. The highest BCUT2D eigenvalue weighted by molar-refractivity contribution is 6.37. The molecule has 2 aliphatic rings. The Kier molecular flexibility index (Phi) is 6.65. The summed E-state index contributed by atoms with van der Waals surface area (Å²) in [5.74, 6) is 0.158. The third-order valence-corrected chi connectivity index (χ3v) is 5.60. The third-order valence-electron chi connectivity index (χ3n) is 5.00. The molecule has 0 unspecified atom stereocenters. The normalized spacial score (nSPS) is 24.1. The predicted octanol–water partition coefficient (Wildman–Crippen LogP) is 2.97. The molecule has 3 rings (SSSR count).